The molecule has 0 spiro atoms. The van der Waals surface area contributed by atoms with Gasteiger partial charge in [0.2, 0.25) is 0 Å². The highest BCUT2D eigenvalue weighted by Gasteiger charge is 2.49. The number of hydrogen-bond acceptors (Lipinski definition) is 4. The second-order valence-electron chi connectivity index (χ2n) is 8.08. The highest BCUT2D eigenvalue weighted by Crippen LogP contribution is 2.44. The van der Waals surface area contributed by atoms with E-state index in [0.29, 0.717) is 16.3 Å². The van der Waals surface area contributed by atoms with Crippen LogP contribution in [0, 0.1) is 0 Å². The molecule has 4 rings (SSSR count). The van der Waals surface area contributed by atoms with Crippen LogP contribution in [0.4, 0.5) is 0 Å². The van der Waals surface area contributed by atoms with Crippen molar-refractivity contribution in [2.24, 2.45) is 0 Å². The Kier molecular flexibility index (Phi) is 6.05. The fourth-order valence-corrected chi connectivity index (χ4v) is 4.85. The molecule has 1 N–H and O–H groups in total. The zero-order valence-corrected chi connectivity index (χ0v) is 18.5. The number of benzene rings is 2. The van der Waals surface area contributed by atoms with Gasteiger partial charge in [0, 0.05) is 11.1 Å². The lowest BCUT2D eigenvalue weighted by molar-refractivity contribution is -0.141. The number of aryl methyl sites for hydroxylation is 1. The van der Waals surface area contributed by atoms with E-state index in [9.17, 15) is 14.7 Å². The summed E-state index contributed by atoms with van der Waals surface area (Å²) in [6, 6.07) is 12.1. The molecule has 2 fully saturated rings. The van der Waals surface area contributed by atoms with Crippen LogP contribution in [0.25, 0.3) is 5.76 Å². The number of methoxy groups -OCH3 is 1. The number of aliphatic hydroxyl groups is 1. The summed E-state index contributed by atoms with van der Waals surface area (Å²) in [5.41, 5.74) is 2.36. The van der Waals surface area contributed by atoms with Crippen LogP contribution in [-0.2, 0) is 16.0 Å². The van der Waals surface area contributed by atoms with Crippen LogP contribution in [0.1, 0.15) is 55.3 Å². The maximum atomic E-state index is 13.2. The Balaban J connectivity index is 1.91. The predicted molar refractivity (Wildman–Crippen MR) is 120 cm³/mol. The number of ketones is 1. The molecular formula is C25H26ClNO4. The van der Waals surface area contributed by atoms with E-state index in [0.717, 1.165) is 43.2 Å². The van der Waals surface area contributed by atoms with Gasteiger partial charge in [0.25, 0.3) is 11.7 Å². The third-order valence-electron chi connectivity index (χ3n) is 6.32. The van der Waals surface area contributed by atoms with Gasteiger partial charge in [-0.25, -0.2) is 0 Å². The molecule has 5 nitrogen and oxygen atoms in total. The summed E-state index contributed by atoms with van der Waals surface area (Å²) in [6.45, 7) is 2.07. The molecule has 1 heterocycles. The fraction of sp³-hybridized carbons (Fsp3) is 0.360. The average molecular weight is 440 g/mol. The number of carbonyl (C=O) groups excluding carboxylic acids is 2. The van der Waals surface area contributed by atoms with E-state index in [2.05, 4.69) is 6.92 Å². The number of nitrogens with zero attached hydrogens (tertiary/aromatic N) is 1. The summed E-state index contributed by atoms with van der Waals surface area (Å²) < 4.78 is 5.38. The number of halogens is 1. The highest BCUT2D eigenvalue weighted by atomic mass is 35.5. The standard InChI is InChI=1S/C25H26ClNO4/c1-3-15-8-10-16(11-9-15)22-21(23(28)19-14-17(26)12-13-20(19)31-2)24(29)25(30)27(22)18-6-4-5-7-18/h8-14,18,22,28H,3-7H2,1-2H3/b23-21+. The molecular weight excluding hydrogens is 414 g/mol. The Morgan fingerprint density at radius 2 is 1.81 bits per heavy atom. The van der Waals surface area contributed by atoms with Crippen LogP contribution in [0.2, 0.25) is 5.02 Å². The zero-order valence-electron chi connectivity index (χ0n) is 17.7. The van der Waals surface area contributed by atoms with E-state index in [-0.39, 0.29) is 17.4 Å². The highest BCUT2D eigenvalue weighted by molar-refractivity contribution is 6.46. The second-order valence-corrected chi connectivity index (χ2v) is 8.52. The molecule has 0 bridgehead atoms. The maximum Gasteiger partial charge on any atom is 0.295 e. The van der Waals surface area contributed by atoms with Gasteiger partial charge in [-0.05, 0) is 48.6 Å². The molecule has 1 amide bonds. The van der Waals surface area contributed by atoms with Crippen molar-refractivity contribution in [3.8, 4) is 5.75 Å². The first-order chi connectivity index (χ1) is 15.0. The Labute approximate surface area is 187 Å². The molecule has 1 aliphatic carbocycles. The number of rotatable bonds is 5. The van der Waals surface area contributed by atoms with Crippen molar-refractivity contribution in [1.82, 2.24) is 4.90 Å². The number of aliphatic hydroxyl groups excluding tert-OH is 1. The maximum absolute atomic E-state index is 13.2. The van der Waals surface area contributed by atoms with E-state index in [1.54, 1.807) is 23.1 Å². The summed E-state index contributed by atoms with van der Waals surface area (Å²) in [4.78, 5) is 28.0. The molecule has 2 aromatic carbocycles. The van der Waals surface area contributed by atoms with Gasteiger partial charge >= 0.3 is 0 Å². The largest absolute Gasteiger partial charge is 0.507 e. The van der Waals surface area contributed by atoms with Crippen LogP contribution >= 0.6 is 11.6 Å². The number of Topliss-reactive ketones (excluding diaryl/α,β-unsaturated/α-hetero) is 1. The van der Waals surface area contributed by atoms with Crippen molar-refractivity contribution in [2.75, 3.05) is 7.11 Å². The second kappa shape index (κ2) is 8.75. The Morgan fingerprint density at radius 3 is 2.42 bits per heavy atom. The van der Waals surface area contributed by atoms with Crippen LogP contribution in [0.3, 0.4) is 0 Å². The molecule has 162 valence electrons. The van der Waals surface area contributed by atoms with Crippen molar-refractivity contribution in [3.05, 3.63) is 69.8 Å². The molecule has 1 saturated heterocycles. The first kappa shape index (κ1) is 21.4. The third kappa shape index (κ3) is 3.83. The minimum Gasteiger partial charge on any atom is -0.507 e. The van der Waals surface area contributed by atoms with Crippen LogP contribution in [0.5, 0.6) is 5.75 Å². The quantitative estimate of drug-likeness (QED) is 0.391. The minimum absolute atomic E-state index is 0.0149. The summed E-state index contributed by atoms with van der Waals surface area (Å²) in [6.07, 6.45) is 4.66. The number of amides is 1. The molecule has 2 aromatic rings. The van der Waals surface area contributed by atoms with Crippen LogP contribution < -0.4 is 4.74 Å². The van der Waals surface area contributed by atoms with E-state index < -0.39 is 17.7 Å². The van der Waals surface area contributed by atoms with E-state index in [1.165, 1.54) is 7.11 Å². The first-order valence-corrected chi connectivity index (χ1v) is 11.1. The van der Waals surface area contributed by atoms with E-state index in [4.69, 9.17) is 16.3 Å². The van der Waals surface area contributed by atoms with Crippen molar-refractivity contribution < 1.29 is 19.4 Å². The van der Waals surface area contributed by atoms with Gasteiger partial charge in [0.05, 0.1) is 24.3 Å². The number of carbonyl (C=O) groups is 2. The van der Waals surface area contributed by atoms with Gasteiger partial charge in [-0.2, -0.15) is 0 Å². The van der Waals surface area contributed by atoms with E-state index in [1.807, 2.05) is 24.3 Å². The Bertz CT molecular complexity index is 1040. The third-order valence-corrected chi connectivity index (χ3v) is 6.55. The zero-order chi connectivity index (χ0) is 22.1. The lowest BCUT2D eigenvalue weighted by Gasteiger charge is -2.31. The van der Waals surface area contributed by atoms with Crippen LogP contribution in [0.15, 0.2) is 48.0 Å². The van der Waals surface area contributed by atoms with Crippen molar-refractivity contribution in [3.63, 3.8) is 0 Å². The van der Waals surface area contributed by atoms with Crippen LogP contribution in [-0.4, -0.2) is 34.8 Å². The van der Waals surface area contributed by atoms with Gasteiger partial charge in [0.1, 0.15) is 11.5 Å². The summed E-state index contributed by atoms with van der Waals surface area (Å²) >= 11 is 6.16. The van der Waals surface area contributed by atoms with Crippen molar-refractivity contribution >= 4 is 29.1 Å². The molecule has 0 aromatic heterocycles. The van der Waals surface area contributed by atoms with Gasteiger partial charge in [0.15, 0.2) is 0 Å². The molecule has 0 radical (unpaired) electrons. The summed E-state index contributed by atoms with van der Waals surface area (Å²) in [5, 5.41) is 11.7. The fourth-order valence-electron chi connectivity index (χ4n) is 4.68. The van der Waals surface area contributed by atoms with E-state index >= 15 is 0 Å². The average Bonchev–Trinajstić information content (AvgIpc) is 3.40. The first-order valence-electron chi connectivity index (χ1n) is 10.7. The monoisotopic (exact) mass is 439 g/mol. The lowest BCUT2D eigenvalue weighted by atomic mass is 9.93. The Morgan fingerprint density at radius 1 is 1.13 bits per heavy atom. The van der Waals surface area contributed by atoms with Gasteiger partial charge in [-0.1, -0.05) is 55.6 Å². The smallest absolute Gasteiger partial charge is 0.295 e. The summed E-state index contributed by atoms with van der Waals surface area (Å²) in [5.74, 6) is -1.10. The number of ether oxygens (including phenoxy) is 1. The molecule has 31 heavy (non-hydrogen) atoms. The number of hydrogen-bond donors (Lipinski definition) is 1. The summed E-state index contributed by atoms with van der Waals surface area (Å²) in [7, 11) is 1.48. The topological polar surface area (TPSA) is 66.8 Å². The van der Waals surface area contributed by atoms with Crippen molar-refractivity contribution in [1.29, 1.82) is 0 Å². The lowest BCUT2D eigenvalue weighted by Crippen LogP contribution is -2.37. The molecule has 1 saturated carbocycles. The Hall–Kier alpha value is -2.79. The molecule has 1 atom stereocenters. The molecule has 6 heteroatoms. The number of likely N-dealkylation sites (tertiary alicyclic amines) is 1. The van der Waals surface area contributed by atoms with Gasteiger partial charge < -0.3 is 14.7 Å². The van der Waals surface area contributed by atoms with Gasteiger partial charge in [-0.3, -0.25) is 9.59 Å². The minimum atomic E-state index is -0.670. The normalized spacial score (nSPS) is 21.1. The SMILES string of the molecule is CCc1ccc(C2/C(=C(\O)c3cc(Cl)ccc3OC)C(=O)C(=O)N2C2CCCC2)cc1. The molecule has 2 aliphatic rings. The molecule has 1 aliphatic heterocycles. The van der Waals surface area contributed by atoms with Crippen molar-refractivity contribution in [2.45, 2.75) is 51.1 Å². The van der Waals surface area contributed by atoms with Gasteiger partial charge in [-0.15, -0.1) is 0 Å². The predicted octanol–water partition coefficient (Wildman–Crippen LogP) is 5.28. The molecule has 1 unspecified atom stereocenters.